The Labute approximate surface area is 237 Å². The van der Waals surface area contributed by atoms with Crippen LogP contribution in [0, 0.1) is 0 Å². The summed E-state index contributed by atoms with van der Waals surface area (Å²) in [7, 11) is 0. The second kappa shape index (κ2) is 17.5. The van der Waals surface area contributed by atoms with Crippen LogP contribution in [0.15, 0.2) is 24.3 Å². The molecule has 7 N–H and O–H groups in total. The van der Waals surface area contributed by atoms with Gasteiger partial charge in [0.25, 0.3) is 5.91 Å². The number of urea groups is 1. The van der Waals surface area contributed by atoms with Crippen LogP contribution in [0.25, 0.3) is 6.08 Å². The first-order valence-corrected chi connectivity index (χ1v) is 12.4. The number of β-amino-alcohol motifs (C(OH)–C–C–N with tert-alkyl or cyclic N) is 1. The summed E-state index contributed by atoms with van der Waals surface area (Å²) in [6.45, 7) is 7.65. The van der Waals surface area contributed by atoms with Crippen molar-refractivity contribution in [1.82, 2.24) is 15.1 Å². The molecule has 0 spiro atoms. The molecule has 2 unspecified atom stereocenters. The molecular formula is C26H39N3O12. The molecule has 3 amide bonds. The minimum absolute atomic E-state index is 0.0403. The number of carbonyl (C=O) groups is 5. The van der Waals surface area contributed by atoms with Crippen molar-refractivity contribution in [2.75, 3.05) is 32.8 Å². The van der Waals surface area contributed by atoms with Gasteiger partial charge in [-0.2, -0.15) is 0 Å². The van der Waals surface area contributed by atoms with Gasteiger partial charge in [-0.05, 0) is 58.4 Å². The Kier molecular flexibility index (Phi) is 15.7. The summed E-state index contributed by atoms with van der Waals surface area (Å²) < 4.78 is 4.68. The highest BCUT2D eigenvalue weighted by Crippen LogP contribution is 2.25. The number of carboxylic acids is 2. The molecule has 0 saturated carbocycles. The maximum absolute atomic E-state index is 11.5. The molecule has 15 nitrogen and oxygen atoms in total. The highest BCUT2D eigenvalue weighted by Gasteiger charge is 2.44. The van der Waals surface area contributed by atoms with E-state index in [1.54, 1.807) is 26.8 Å². The highest BCUT2D eigenvalue weighted by molar-refractivity contribution is 6.06. The van der Waals surface area contributed by atoms with Crippen LogP contribution in [0.4, 0.5) is 4.79 Å². The van der Waals surface area contributed by atoms with E-state index in [0.717, 1.165) is 9.80 Å². The lowest BCUT2D eigenvalue weighted by Crippen LogP contribution is -2.41. The van der Waals surface area contributed by atoms with Crippen LogP contribution in [-0.4, -0.2) is 121 Å². The number of imide groups is 1. The topological polar surface area (TPSA) is 234 Å². The number of benzene rings is 1. The molecule has 1 aliphatic heterocycles. The molecule has 1 aromatic carbocycles. The average Bonchev–Trinajstić information content (AvgIpc) is 3.00. The SMILES string of the molecule is CC(O)CN(CC(=O)O)CC(=O)O.CC(O)CN1C(=O)NC(C)(C)C1=O.CCOC(=O)/C=C\c1ccc(O)c(O)c1. The molecule has 0 bridgehead atoms. The lowest BCUT2D eigenvalue weighted by molar-refractivity contribution is -0.142. The monoisotopic (exact) mass is 585 g/mol. The second-order valence-electron chi connectivity index (χ2n) is 9.46. The van der Waals surface area contributed by atoms with Crippen molar-refractivity contribution in [2.45, 2.75) is 52.4 Å². The van der Waals surface area contributed by atoms with Crippen LogP contribution in [-0.2, 0) is 23.9 Å². The maximum Gasteiger partial charge on any atom is 0.330 e. The van der Waals surface area contributed by atoms with Gasteiger partial charge in [-0.3, -0.25) is 24.2 Å². The summed E-state index contributed by atoms with van der Waals surface area (Å²) in [6.07, 6.45) is 1.33. The zero-order valence-corrected chi connectivity index (χ0v) is 23.6. The maximum atomic E-state index is 11.5. The molecule has 2 rings (SSSR count). The summed E-state index contributed by atoms with van der Waals surface area (Å²) in [6, 6.07) is 3.84. The van der Waals surface area contributed by atoms with E-state index in [2.05, 4.69) is 10.1 Å². The largest absolute Gasteiger partial charge is 0.504 e. The smallest absolute Gasteiger partial charge is 0.330 e. The Bertz CT molecular complexity index is 1070. The highest BCUT2D eigenvalue weighted by atomic mass is 16.5. The van der Waals surface area contributed by atoms with Crippen LogP contribution in [0.3, 0.4) is 0 Å². The molecule has 1 fully saturated rings. The molecule has 1 aromatic rings. The van der Waals surface area contributed by atoms with Crippen LogP contribution in [0.2, 0.25) is 0 Å². The van der Waals surface area contributed by atoms with E-state index in [9.17, 15) is 24.0 Å². The number of aliphatic hydroxyl groups excluding tert-OH is 2. The minimum Gasteiger partial charge on any atom is -0.504 e. The van der Waals surface area contributed by atoms with E-state index in [0.29, 0.717) is 12.2 Å². The Balaban J connectivity index is 0.000000588. The van der Waals surface area contributed by atoms with Crippen LogP contribution in [0.5, 0.6) is 11.5 Å². The lowest BCUT2D eigenvalue weighted by Gasteiger charge is -2.18. The second-order valence-corrected chi connectivity index (χ2v) is 9.46. The van der Waals surface area contributed by atoms with Crippen molar-refractivity contribution in [3.05, 3.63) is 29.8 Å². The van der Waals surface area contributed by atoms with Gasteiger partial charge in [-0.15, -0.1) is 0 Å². The molecular weight excluding hydrogens is 546 g/mol. The number of amides is 3. The summed E-state index contributed by atoms with van der Waals surface area (Å²) in [5.41, 5.74) is -0.232. The molecule has 0 aromatic heterocycles. The van der Waals surface area contributed by atoms with E-state index in [1.807, 2.05) is 0 Å². The van der Waals surface area contributed by atoms with Crippen LogP contribution >= 0.6 is 0 Å². The first kappa shape index (κ1) is 36.8. The number of phenols is 2. The molecule has 15 heteroatoms. The lowest BCUT2D eigenvalue weighted by atomic mass is 10.1. The van der Waals surface area contributed by atoms with E-state index < -0.39 is 41.7 Å². The number of esters is 1. The van der Waals surface area contributed by atoms with E-state index >= 15 is 0 Å². The number of aromatic hydroxyl groups is 2. The quantitative estimate of drug-likeness (QED) is 0.0797. The third-order valence-electron chi connectivity index (χ3n) is 4.83. The van der Waals surface area contributed by atoms with Crippen molar-refractivity contribution < 1.29 is 59.3 Å². The predicted molar refractivity (Wildman–Crippen MR) is 145 cm³/mol. The molecule has 0 aliphatic carbocycles. The van der Waals surface area contributed by atoms with Gasteiger partial charge < -0.3 is 40.7 Å². The summed E-state index contributed by atoms with van der Waals surface area (Å²) >= 11 is 0. The standard InChI is InChI=1S/C11H12O4.C8H14N2O3.C7H13NO5/c1-2-15-11(14)6-4-8-3-5-9(12)10(13)7-8;1-5(11)4-10-6(12)8(2,3)9-7(10)13;1-5(9)2-8(3-6(10)11)4-7(12)13/h3-7,12-13H,2H2,1H3;5,11H,4H2,1-3H3,(H,9,13);5,9H,2-4H2,1H3,(H,10,11)(H,12,13)/b6-4-;;. The first-order chi connectivity index (χ1) is 18.9. The van der Waals surface area contributed by atoms with Crippen LogP contribution < -0.4 is 5.32 Å². The summed E-state index contributed by atoms with van der Waals surface area (Å²) in [4.78, 5) is 56.4. The van der Waals surface area contributed by atoms with Gasteiger partial charge in [-0.25, -0.2) is 9.59 Å². The van der Waals surface area contributed by atoms with Gasteiger partial charge in [0.1, 0.15) is 5.54 Å². The number of phenolic OH excluding ortho intramolecular Hbond substituents is 2. The predicted octanol–water partition coefficient (Wildman–Crippen LogP) is 0.210. The van der Waals surface area contributed by atoms with Crippen molar-refractivity contribution in [3.8, 4) is 11.5 Å². The molecule has 0 radical (unpaired) electrons. The van der Waals surface area contributed by atoms with E-state index in [1.165, 1.54) is 38.1 Å². The first-order valence-electron chi connectivity index (χ1n) is 12.4. The normalized spacial score (nSPS) is 15.3. The van der Waals surface area contributed by atoms with Crippen LogP contribution in [0.1, 0.15) is 40.2 Å². The fraction of sp³-hybridized carbons (Fsp3) is 0.500. The zero-order valence-electron chi connectivity index (χ0n) is 23.6. The number of rotatable bonds is 11. The average molecular weight is 586 g/mol. The Morgan fingerprint density at radius 1 is 1.02 bits per heavy atom. The van der Waals surface area contributed by atoms with Crippen molar-refractivity contribution in [3.63, 3.8) is 0 Å². The number of carboxylic acid groups (broad SMARTS) is 2. The fourth-order valence-corrected chi connectivity index (χ4v) is 3.19. The number of hydrogen-bond acceptors (Lipinski definition) is 11. The molecule has 1 aliphatic rings. The molecule has 1 saturated heterocycles. The van der Waals surface area contributed by atoms with Crippen molar-refractivity contribution in [1.29, 1.82) is 0 Å². The van der Waals surface area contributed by atoms with Gasteiger partial charge in [0.15, 0.2) is 11.5 Å². The molecule has 1 heterocycles. The minimum atomic E-state index is -1.11. The number of aliphatic carboxylic acids is 2. The van der Waals surface area contributed by atoms with Gasteiger partial charge >= 0.3 is 23.9 Å². The zero-order chi connectivity index (χ0) is 31.9. The molecule has 230 valence electrons. The van der Waals surface area contributed by atoms with E-state index in [4.69, 9.17) is 30.6 Å². The Morgan fingerprint density at radius 2 is 1.59 bits per heavy atom. The van der Waals surface area contributed by atoms with Crippen molar-refractivity contribution in [2.24, 2.45) is 0 Å². The third-order valence-corrected chi connectivity index (χ3v) is 4.83. The molecule has 41 heavy (non-hydrogen) atoms. The Hall–Kier alpha value is -4.21. The third kappa shape index (κ3) is 15.2. The van der Waals surface area contributed by atoms with E-state index in [-0.39, 0.29) is 43.6 Å². The van der Waals surface area contributed by atoms with Gasteiger partial charge in [0.2, 0.25) is 0 Å². The number of carbonyl (C=O) groups excluding carboxylic acids is 3. The summed E-state index contributed by atoms with van der Waals surface area (Å²) in [5.74, 6) is -3.36. The van der Waals surface area contributed by atoms with Gasteiger partial charge in [0, 0.05) is 12.6 Å². The molecule has 2 atom stereocenters. The van der Waals surface area contributed by atoms with Gasteiger partial charge in [-0.1, -0.05) is 6.07 Å². The number of nitrogens with one attached hydrogen (secondary N) is 1. The number of nitrogens with zero attached hydrogens (tertiary/aromatic N) is 2. The van der Waals surface area contributed by atoms with Crippen molar-refractivity contribution >= 4 is 35.9 Å². The number of ether oxygens (including phenoxy) is 1. The van der Waals surface area contributed by atoms with Gasteiger partial charge in [0.05, 0.1) is 38.4 Å². The fourth-order valence-electron chi connectivity index (χ4n) is 3.19. The number of aliphatic hydroxyl groups is 2. The Morgan fingerprint density at radius 3 is 1.98 bits per heavy atom. The number of hydrogen-bond donors (Lipinski definition) is 7. The summed E-state index contributed by atoms with van der Waals surface area (Å²) in [5, 5.41) is 55.5.